The topological polar surface area (TPSA) is 15.3 Å². The van der Waals surface area contributed by atoms with E-state index < -0.39 is 0 Å². The summed E-state index contributed by atoms with van der Waals surface area (Å²) >= 11 is 12.3. The van der Waals surface area contributed by atoms with Crippen molar-refractivity contribution in [3.63, 3.8) is 0 Å². The highest BCUT2D eigenvalue weighted by molar-refractivity contribution is 6.36. The van der Waals surface area contributed by atoms with E-state index in [-0.39, 0.29) is 0 Å². The molecule has 0 bridgehead atoms. The van der Waals surface area contributed by atoms with E-state index in [1.54, 1.807) is 0 Å². The molecular formula is C16H18Cl2N2. The Balaban J connectivity index is 2.07. The summed E-state index contributed by atoms with van der Waals surface area (Å²) in [6.45, 7) is 1.53. The Kier molecular flexibility index (Phi) is 5.30. The zero-order valence-corrected chi connectivity index (χ0v) is 13.2. The third-order valence-electron chi connectivity index (χ3n) is 2.96. The Labute approximate surface area is 130 Å². The second kappa shape index (κ2) is 6.98. The SMILES string of the molecule is CN(C)Cc1cccc(NCc2c(Cl)cccc2Cl)c1. The van der Waals surface area contributed by atoms with Gasteiger partial charge < -0.3 is 10.2 Å². The van der Waals surface area contributed by atoms with Crippen LogP contribution in [0.25, 0.3) is 0 Å². The molecule has 0 atom stereocenters. The van der Waals surface area contributed by atoms with Gasteiger partial charge in [0.15, 0.2) is 0 Å². The van der Waals surface area contributed by atoms with Crippen molar-refractivity contribution in [2.24, 2.45) is 0 Å². The minimum Gasteiger partial charge on any atom is -0.381 e. The van der Waals surface area contributed by atoms with E-state index in [0.29, 0.717) is 16.6 Å². The fourth-order valence-corrected chi connectivity index (χ4v) is 2.57. The van der Waals surface area contributed by atoms with Crippen molar-refractivity contribution in [3.8, 4) is 0 Å². The molecule has 0 aliphatic carbocycles. The van der Waals surface area contributed by atoms with Crippen LogP contribution in [0.2, 0.25) is 10.0 Å². The number of hydrogen-bond donors (Lipinski definition) is 1. The van der Waals surface area contributed by atoms with Crippen molar-refractivity contribution in [1.82, 2.24) is 4.90 Å². The van der Waals surface area contributed by atoms with Gasteiger partial charge in [-0.15, -0.1) is 0 Å². The molecule has 0 saturated heterocycles. The highest BCUT2D eigenvalue weighted by atomic mass is 35.5. The van der Waals surface area contributed by atoms with Gasteiger partial charge >= 0.3 is 0 Å². The number of anilines is 1. The third-order valence-corrected chi connectivity index (χ3v) is 3.66. The average Bonchev–Trinajstić information content (AvgIpc) is 2.38. The molecule has 0 aliphatic rings. The number of benzene rings is 2. The summed E-state index contributed by atoms with van der Waals surface area (Å²) in [5, 5.41) is 4.75. The Morgan fingerprint density at radius 3 is 2.30 bits per heavy atom. The van der Waals surface area contributed by atoms with Crippen molar-refractivity contribution < 1.29 is 0 Å². The lowest BCUT2D eigenvalue weighted by Crippen LogP contribution is -2.10. The van der Waals surface area contributed by atoms with Crippen LogP contribution in [-0.4, -0.2) is 19.0 Å². The van der Waals surface area contributed by atoms with Crippen LogP contribution >= 0.6 is 23.2 Å². The lowest BCUT2D eigenvalue weighted by molar-refractivity contribution is 0.402. The lowest BCUT2D eigenvalue weighted by Gasteiger charge is -2.13. The highest BCUT2D eigenvalue weighted by Crippen LogP contribution is 2.25. The molecule has 2 nitrogen and oxygen atoms in total. The van der Waals surface area contributed by atoms with Crippen molar-refractivity contribution in [3.05, 3.63) is 63.6 Å². The highest BCUT2D eigenvalue weighted by Gasteiger charge is 2.05. The number of rotatable bonds is 5. The van der Waals surface area contributed by atoms with Gasteiger partial charge in [0.25, 0.3) is 0 Å². The number of nitrogens with zero attached hydrogens (tertiary/aromatic N) is 1. The van der Waals surface area contributed by atoms with E-state index in [1.807, 2.05) is 24.3 Å². The quantitative estimate of drug-likeness (QED) is 0.863. The van der Waals surface area contributed by atoms with Crippen LogP contribution in [0.5, 0.6) is 0 Å². The summed E-state index contributed by atoms with van der Waals surface area (Å²) in [6.07, 6.45) is 0. The summed E-state index contributed by atoms with van der Waals surface area (Å²) in [4.78, 5) is 2.14. The molecule has 0 spiro atoms. The number of halogens is 2. The first-order chi connectivity index (χ1) is 9.56. The van der Waals surface area contributed by atoms with Crippen LogP contribution < -0.4 is 5.32 Å². The second-order valence-electron chi connectivity index (χ2n) is 4.99. The van der Waals surface area contributed by atoms with E-state index in [0.717, 1.165) is 17.8 Å². The van der Waals surface area contributed by atoms with Gasteiger partial charge in [0.05, 0.1) is 0 Å². The summed E-state index contributed by atoms with van der Waals surface area (Å²) < 4.78 is 0. The maximum atomic E-state index is 6.16. The Morgan fingerprint density at radius 2 is 1.65 bits per heavy atom. The molecule has 0 aromatic heterocycles. The molecule has 106 valence electrons. The minimum atomic E-state index is 0.615. The van der Waals surface area contributed by atoms with E-state index in [1.165, 1.54) is 5.56 Å². The zero-order chi connectivity index (χ0) is 14.5. The van der Waals surface area contributed by atoms with Crippen LogP contribution in [0.3, 0.4) is 0 Å². The van der Waals surface area contributed by atoms with Crippen molar-refractivity contribution in [2.75, 3.05) is 19.4 Å². The summed E-state index contributed by atoms with van der Waals surface area (Å²) in [7, 11) is 4.12. The largest absolute Gasteiger partial charge is 0.381 e. The van der Waals surface area contributed by atoms with Gasteiger partial charge in [0, 0.05) is 34.4 Å². The van der Waals surface area contributed by atoms with E-state index >= 15 is 0 Å². The molecule has 0 aliphatic heterocycles. The Hall–Kier alpha value is -1.22. The minimum absolute atomic E-state index is 0.615. The zero-order valence-electron chi connectivity index (χ0n) is 11.7. The van der Waals surface area contributed by atoms with Crippen molar-refractivity contribution >= 4 is 28.9 Å². The fourth-order valence-electron chi connectivity index (χ4n) is 2.04. The van der Waals surface area contributed by atoms with Gasteiger partial charge in [0.1, 0.15) is 0 Å². The first kappa shape index (κ1) is 15.2. The maximum Gasteiger partial charge on any atom is 0.0470 e. The van der Waals surface area contributed by atoms with Crippen LogP contribution in [-0.2, 0) is 13.1 Å². The van der Waals surface area contributed by atoms with Gasteiger partial charge in [-0.3, -0.25) is 0 Å². The lowest BCUT2D eigenvalue weighted by atomic mass is 10.1. The van der Waals surface area contributed by atoms with Crippen LogP contribution in [0, 0.1) is 0 Å². The van der Waals surface area contributed by atoms with Gasteiger partial charge in [-0.05, 0) is 43.9 Å². The van der Waals surface area contributed by atoms with E-state index in [4.69, 9.17) is 23.2 Å². The first-order valence-corrected chi connectivity index (χ1v) is 7.22. The van der Waals surface area contributed by atoms with E-state index in [9.17, 15) is 0 Å². The average molecular weight is 309 g/mol. The third kappa shape index (κ3) is 4.14. The number of hydrogen-bond acceptors (Lipinski definition) is 2. The molecule has 0 radical (unpaired) electrons. The number of nitrogens with one attached hydrogen (secondary N) is 1. The monoisotopic (exact) mass is 308 g/mol. The second-order valence-corrected chi connectivity index (χ2v) is 5.81. The van der Waals surface area contributed by atoms with E-state index in [2.05, 4.69) is 42.5 Å². The molecule has 0 unspecified atom stereocenters. The predicted molar refractivity (Wildman–Crippen MR) is 87.6 cm³/mol. The van der Waals surface area contributed by atoms with Gasteiger partial charge in [-0.1, -0.05) is 41.4 Å². The molecular weight excluding hydrogens is 291 g/mol. The Morgan fingerprint density at radius 1 is 1.00 bits per heavy atom. The smallest absolute Gasteiger partial charge is 0.0470 e. The summed E-state index contributed by atoms with van der Waals surface area (Å²) in [5.41, 5.74) is 3.26. The predicted octanol–water partition coefficient (Wildman–Crippen LogP) is 4.67. The van der Waals surface area contributed by atoms with Crippen LogP contribution in [0.15, 0.2) is 42.5 Å². The molecule has 0 heterocycles. The van der Waals surface area contributed by atoms with Crippen LogP contribution in [0.1, 0.15) is 11.1 Å². The molecule has 2 aromatic carbocycles. The Bertz CT molecular complexity index is 562. The molecule has 0 fully saturated rings. The molecule has 0 amide bonds. The molecule has 20 heavy (non-hydrogen) atoms. The summed E-state index contributed by atoms with van der Waals surface area (Å²) in [6, 6.07) is 13.9. The summed E-state index contributed by atoms with van der Waals surface area (Å²) in [5.74, 6) is 0. The molecule has 1 N–H and O–H groups in total. The molecule has 2 rings (SSSR count). The molecule has 2 aromatic rings. The fraction of sp³-hybridized carbons (Fsp3) is 0.250. The van der Waals surface area contributed by atoms with Crippen LogP contribution in [0.4, 0.5) is 5.69 Å². The standard InChI is InChI=1S/C16H18Cl2N2/c1-20(2)11-12-5-3-6-13(9-12)19-10-14-15(17)7-4-8-16(14)18/h3-9,19H,10-11H2,1-2H3. The van der Waals surface area contributed by atoms with Crippen molar-refractivity contribution in [1.29, 1.82) is 0 Å². The van der Waals surface area contributed by atoms with Gasteiger partial charge in [-0.2, -0.15) is 0 Å². The normalized spacial score (nSPS) is 10.8. The molecule has 0 saturated carbocycles. The maximum absolute atomic E-state index is 6.16. The first-order valence-electron chi connectivity index (χ1n) is 6.46. The molecule has 4 heteroatoms. The van der Waals surface area contributed by atoms with Gasteiger partial charge in [0.2, 0.25) is 0 Å². The van der Waals surface area contributed by atoms with Crippen molar-refractivity contribution in [2.45, 2.75) is 13.1 Å². The van der Waals surface area contributed by atoms with Gasteiger partial charge in [-0.25, -0.2) is 0 Å².